The zero-order valence-corrected chi connectivity index (χ0v) is 17.1. The van der Waals surface area contributed by atoms with Crippen molar-refractivity contribution in [1.29, 1.82) is 0 Å². The zero-order chi connectivity index (χ0) is 20.0. The van der Waals surface area contributed by atoms with Gasteiger partial charge >= 0.3 is 6.09 Å². The molecule has 2 spiro atoms. The van der Waals surface area contributed by atoms with Gasteiger partial charge in [0, 0.05) is 13.1 Å². The molecule has 2 heterocycles. The molecule has 1 unspecified atom stereocenters. The monoisotopic (exact) mass is 386 g/mol. The number of hydrogen-bond donors (Lipinski definition) is 0. The van der Waals surface area contributed by atoms with Crippen molar-refractivity contribution in [3.8, 4) is 0 Å². The molecule has 0 aromatic heterocycles. The second kappa shape index (κ2) is 6.76. The maximum absolute atomic E-state index is 13.0. The lowest BCUT2D eigenvalue weighted by Gasteiger charge is -2.50. The Balaban J connectivity index is 1.53. The van der Waals surface area contributed by atoms with Crippen LogP contribution in [0, 0.1) is 0 Å². The van der Waals surface area contributed by atoms with E-state index in [9.17, 15) is 9.59 Å². The Hall–Kier alpha value is -2.08. The number of nitrogens with zero attached hydrogens (tertiary/aromatic N) is 2. The summed E-state index contributed by atoms with van der Waals surface area (Å²) in [5.74, 6) is 0.0939. The van der Waals surface area contributed by atoms with Crippen molar-refractivity contribution in [1.82, 2.24) is 9.80 Å². The molecule has 0 radical (unpaired) electrons. The SMILES string of the molecule is CC(C)(C)OC(=O)N1CCCC2(C1)CN(Cc1ccccc1)C(=O)C1(CC1)O2. The lowest BCUT2D eigenvalue weighted by Crippen LogP contribution is -2.65. The summed E-state index contributed by atoms with van der Waals surface area (Å²) in [7, 11) is 0. The normalized spacial score (nSPS) is 26.6. The van der Waals surface area contributed by atoms with Crippen molar-refractivity contribution in [2.75, 3.05) is 19.6 Å². The van der Waals surface area contributed by atoms with E-state index in [1.54, 1.807) is 4.90 Å². The minimum Gasteiger partial charge on any atom is -0.444 e. The van der Waals surface area contributed by atoms with Crippen molar-refractivity contribution in [2.45, 2.75) is 69.8 Å². The molecule has 1 aromatic rings. The standard InChI is InChI=1S/C22H30N2O4/c1-20(2,3)27-19(26)23-13-7-10-21(15-23)16-24(14-17-8-5-4-6-9-17)18(25)22(28-21)11-12-22/h4-6,8-9H,7,10-16H2,1-3H3. The smallest absolute Gasteiger partial charge is 0.410 e. The predicted molar refractivity (Wildman–Crippen MR) is 105 cm³/mol. The van der Waals surface area contributed by atoms with Crippen molar-refractivity contribution < 1.29 is 19.1 Å². The van der Waals surface area contributed by atoms with Crippen LogP contribution in [0.5, 0.6) is 0 Å². The molecule has 0 N–H and O–H groups in total. The first-order chi connectivity index (χ1) is 13.2. The van der Waals surface area contributed by atoms with Gasteiger partial charge in [0.05, 0.1) is 13.1 Å². The minimum atomic E-state index is -0.677. The van der Waals surface area contributed by atoms with Gasteiger partial charge < -0.3 is 19.3 Å². The Bertz CT molecular complexity index is 754. The summed E-state index contributed by atoms with van der Waals surface area (Å²) in [5, 5.41) is 0. The molecule has 1 aliphatic carbocycles. The Kier molecular flexibility index (Phi) is 4.65. The third-order valence-electron chi connectivity index (χ3n) is 5.68. The van der Waals surface area contributed by atoms with Gasteiger partial charge in [0.25, 0.3) is 5.91 Å². The highest BCUT2D eigenvalue weighted by Gasteiger charge is 2.62. The van der Waals surface area contributed by atoms with E-state index in [2.05, 4.69) is 0 Å². The highest BCUT2D eigenvalue weighted by molar-refractivity contribution is 5.89. The molecule has 6 nitrogen and oxygen atoms in total. The average Bonchev–Trinajstić information content (AvgIpc) is 3.39. The summed E-state index contributed by atoms with van der Waals surface area (Å²) in [6.07, 6.45) is 2.94. The summed E-state index contributed by atoms with van der Waals surface area (Å²) < 4.78 is 12.0. The molecule has 1 aromatic carbocycles. The Morgan fingerprint density at radius 1 is 1.14 bits per heavy atom. The second-order valence-electron chi connectivity index (χ2n) is 9.43. The van der Waals surface area contributed by atoms with Crippen LogP contribution < -0.4 is 0 Å². The van der Waals surface area contributed by atoms with Crippen LogP contribution >= 0.6 is 0 Å². The maximum atomic E-state index is 13.0. The molecule has 1 atom stereocenters. The number of amides is 2. The number of ether oxygens (including phenoxy) is 2. The molecular formula is C22H30N2O4. The van der Waals surface area contributed by atoms with Gasteiger partial charge in [0.2, 0.25) is 0 Å². The molecule has 3 aliphatic rings. The van der Waals surface area contributed by atoms with Crippen molar-refractivity contribution in [3.05, 3.63) is 35.9 Å². The van der Waals surface area contributed by atoms with Crippen molar-refractivity contribution in [3.63, 3.8) is 0 Å². The molecular weight excluding hydrogens is 356 g/mol. The van der Waals surface area contributed by atoms with E-state index in [1.807, 2.05) is 56.0 Å². The largest absolute Gasteiger partial charge is 0.444 e. The fourth-order valence-electron chi connectivity index (χ4n) is 4.35. The van der Waals surface area contributed by atoms with Crippen LogP contribution in [0.3, 0.4) is 0 Å². The number of hydrogen-bond acceptors (Lipinski definition) is 4. The molecule has 152 valence electrons. The Morgan fingerprint density at radius 3 is 2.50 bits per heavy atom. The highest BCUT2D eigenvalue weighted by Crippen LogP contribution is 2.49. The quantitative estimate of drug-likeness (QED) is 0.782. The topological polar surface area (TPSA) is 59.1 Å². The van der Waals surface area contributed by atoms with E-state index >= 15 is 0 Å². The number of piperidine rings is 1. The van der Waals surface area contributed by atoms with Crippen molar-refractivity contribution in [2.24, 2.45) is 0 Å². The first-order valence-corrected chi connectivity index (χ1v) is 10.2. The molecule has 4 rings (SSSR count). The molecule has 28 heavy (non-hydrogen) atoms. The van der Waals surface area contributed by atoms with Gasteiger partial charge in [-0.3, -0.25) is 4.79 Å². The Labute approximate surface area is 166 Å². The molecule has 2 aliphatic heterocycles. The van der Waals surface area contributed by atoms with Crippen LogP contribution in [-0.2, 0) is 20.8 Å². The predicted octanol–water partition coefficient (Wildman–Crippen LogP) is 3.35. The van der Waals surface area contributed by atoms with Gasteiger partial charge in [0.1, 0.15) is 16.8 Å². The van der Waals surface area contributed by atoms with Gasteiger partial charge in [-0.2, -0.15) is 0 Å². The summed E-state index contributed by atoms with van der Waals surface area (Å²) in [4.78, 5) is 29.3. The fraction of sp³-hybridized carbons (Fsp3) is 0.636. The van der Waals surface area contributed by atoms with Crippen LogP contribution in [-0.4, -0.2) is 58.2 Å². The van der Waals surface area contributed by atoms with Crippen LogP contribution in [0.2, 0.25) is 0 Å². The first kappa shape index (κ1) is 19.2. The lowest BCUT2D eigenvalue weighted by molar-refractivity contribution is -0.201. The summed E-state index contributed by atoms with van der Waals surface area (Å²) in [6, 6.07) is 10.1. The number of carbonyl (C=O) groups excluding carboxylic acids is 2. The summed E-state index contributed by atoms with van der Waals surface area (Å²) >= 11 is 0. The number of likely N-dealkylation sites (tertiary alicyclic amines) is 1. The third-order valence-corrected chi connectivity index (χ3v) is 5.68. The number of carbonyl (C=O) groups is 2. The maximum Gasteiger partial charge on any atom is 0.410 e. The number of benzene rings is 1. The van der Waals surface area contributed by atoms with Crippen LogP contribution in [0.15, 0.2) is 30.3 Å². The van der Waals surface area contributed by atoms with Gasteiger partial charge in [-0.15, -0.1) is 0 Å². The molecule has 0 bridgehead atoms. The third kappa shape index (κ3) is 3.88. The van der Waals surface area contributed by atoms with Crippen LogP contribution in [0.25, 0.3) is 0 Å². The molecule has 1 saturated carbocycles. The molecule has 3 fully saturated rings. The molecule has 2 amide bonds. The van der Waals surface area contributed by atoms with E-state index in [1.165, 1.54) is 0 Å². The second-order valence-corrected chi connectivity index (χ2v) is 9.43. The average molecular weight is 386 g/mol. The van der Waals surface area contributed by atoms with E-state index in [0.717, 1.165) is 31.2 Å². The van der Waals surface area contributed by atoms with Crippen LogP contribution in [0.1, 0.15) is 52.0 Å². The zero-order valence-electron chi connectivity index (χ0n) is 17.1. The van der Waals surface area contributed by atoms with Crippen molar-refractivity contribution >= 4 is 12.0 Å². The van der Waals surface area contributed by atoms with Crippen LogP contribution in [0.4, 0.5) is 4.79 Å². The Morgan fingerprint density at radius 2 is 1.86 bits per heavy atom. The lowest BCUT2D eigenvalue weighted by atomic mass is 9.89. The number of morpholine rings is 1. The van der Waals surface area contributed by atoms with E-state index < -0.39 is 16.8 Å². The number of rotatable bonds is 2. The van der Waals surface area contributed by atoms with Gasteiger partial charge in [-0.25, -0.2) is 4.79 Å². The first-order valence-electron chi connectivity index (χ1n) is 10.2. The van der Waals surface area contributed by atoms with E-state index in [-0.39, 0.29) is 12.0 Å². The minimum absolute atomic E-state index is 0.0939. The van der Waals surface area contributed by atoms with E-state index in [4.69, 9.17) is 9.47 Å². The molecule has 6 heteroatoms. The summed E-state index contributed by atoms with van der Waals surface area (Å²) in [5.41, 5.74) is -0.594. The van der Waals surface area contributed by atoms with Gasteiger partial charge in [-0.1, -0.05) is 30.3 Å². The molecule has 2 saturated heterocycles. The van der Waals surface area contributed by atoms with Gasteiger partial charge in [-0.05, 0) is 52.0 Å². The highest BCUT2D eigenvalue weighted by atomic mass is 16.6. The summed E-state index contributed by atoms with van der Waals surface area (Å²) in [6.45, 7) is 7.87. The fourth-order valence-corrected chi connectivity index (χ4v) is 4.35. The van der Waals surface area contributed by atoms with Gasteiger partial charge in [0.15, 0.2) is 0 Å². The van der Waals surface area contributed by atoms with E-state index in [0.29, 0.717) is 26.2 Å².